The fourth-order valence-electron chi connectivity index (χ4n) is 2.61. The Balaban J connectivity index is 1.75. The first kappa shape index (κ1) is 12.2. The zero-order valence-corrected chi connectivity index (χ0v) is 11.1. The Bertz CT molecular complexity index is 562. The van der Waals surface area contributed by atoms with Crippen molar-refractivity contribution in [3.63, 3.8) is 0 Å². The molecule has 1 fully saturated rings. The van der Waals surface area contributed by atoms with Crippen molar-refractivity contribution >= 4 is 5.69 Å². The minimum atomic E-state index is 0.339. The molecule has 0 spiro atoms. The summed E-state index contributed by atoms with van der Waals surface area (Å²) >= 11 is 0. The van der Waals surface area contributed by atoms with E-state index in [1.807, 2.05) is 12.1 Å². The van der Waals surface area contributed by atoms with Gasteiger partial charge in [-0.1, -0.05) is 42.0 Å². The summed E-state index contributed by atoms with van der Waals surface area (Å²) in [5.41, 5.74) is 17.2. The molecule has 1 saturated heterocycles. The van der Waals surface area contributed by atoms with Crippen LogP contribution in [0.5, 0.6) is 0 Å². The van der Waals surface area contributed by atoms with E-state index in [0.717, 1.165) is 12.1 Å². The minimum Gasteiger partial charge on any atom is -0.399 e. The lowest BCUT2D eigenvalue weighted by molar-refractivity contribution is 0.555. The highest BCUT2D eigenvalue weighted by Gasteiger charge is 2.25. The van der Waals surface area contributed by atoms with Gasteiger partial charge in [-0.25, -0.2) is 10.9 Å². The molecule has 98 valence electrons. The van der Waals surface area contributed by atoms with E-state index in [-0.39, 0.29) is 0 Å². The molecule has 0 saturated carbocycles. The van der Waals surface area contributed by atoms with Crippen molar-refractivity contribution in [1.29, 1.82) is 0 Å². The van der Waals surface area contributed by atoms with Crippen LogP contribution in [0.1, 0.15) is 35.2 Å². The fraction of sp³-hybridized carbons (Fsp3) is 0.250. The molecule has 2 aromatic rings. The van der Waals surface area contributed by atoms with Crippen molar-refractivity contribution in [2.24, 2.45) is 0 Å². The van der Waals surface area contributed by atoms with Crippen LogP contribution in [0, 0.1) is 6.92 Å². The lowest BCUT2D eigenvalue weighted by atomic mass is 9.97. The van der Waals surface area contributed by atoms with Gasteiger partial charge < -0.3 is 5.73 Å². The highest BCUT2D eigenvalue weighted by molar-refractivity contribution is 5.40. The number of nitrogens with two attached hydrogens (primary N) is 1. The van der Waals surface area contributed by atoms with Crippen molar-refractivity contribution in [2.45, 2.75) is 25.4 Å². The third kappa shape index (κ3) is 2.62. The van der Waals surface area contributed by atoms with Crippen LogP contribution in [0.25, 0.3) is 0 Å². The smallest absolute Gasteiger partial charge is 0.0481 e. The molecule has 1 heterocycles. The highest BCUT2D eigenvalue weighted by Crippen LogP contribution is 2.31. The summed E-state index contributed by atoms with van der Waals surface area (Å²) in [6, 6.07) is 17.5. The number of nitrogen functional groups attached to an aromatic ring is 1. The first-order chi connectivity index (χ1) is 9.22. The molecule has 0 amide bonds. The Labute approximate surface area is 113 Å². The zero-order chi connectivity index (χ0) is 13.2. The maximum Gasteiger partial charge on any atom is 0.0481 e. The predicted octanol–water partition coefficient (Wildman–Crippen LogP) is 2.86. The standard InChI is InChI=1S/C16H19N3/c1-11-3-2-4-13(9-11)16-10-15(18-19-16)12-5-7-14(17)8-6-12/h2-9,15-16,18-19H,10,17H2,1H3. The van der Waals surface area contributed by atoms with E-state index in [1.54, 1.807) is 0 Å². The van der Waals surface area contributed by atoms with E-state index in [2.05, 4.69) is 54.2 Å². The second-order valence-corrected chi connectivity index (χ2v) is 5.21. The average Bonchev–Trinajstić information content (AvgIpc) is 2.89. The Kier molecular flexibility index (Phi) is 3.23. The van der Waals surface area contributed by atoms with Crippen molar-refractivity contribution in [3.8, 4) is 0 Å². The molecule has 0 radical (unpaired) electrons. The lowest BCUT2D eigenvalue weighted by Crippen LogP contribution is -2.26. The van der Waals surface area contributed by atoms with Gasteiger partial charge in [0.15, 0.2) is 0 Å². The number of hydrogen-bond donors (Lipinski definition) is 3. The molecule has 1 aliphatic heterocycles. The van der Waals surface area contributed by atoms with Gasteiger partial charge >= 0.3 is 0 Å². The Morgan fingerprint density at radius 3 is 2.32 bits per heavy atom. The molecule has 2 unspecified atom stereocenters. The number of benzene rings is 2. The molecule has 2 aromatic carbocycles. The van der Waals surface area contributed by atoms with E-state index in [1.165, 1.54) is 16.7 Å². The SMILES string of the molecule is Cc1cccc(C2CC(c3ccc(N)cc3)NN2)c1. The van der Waals surface area contributed by atoms with E-state index in [0.29, 0.717) is 12.1 Å². The lowest BCUT2D eigenvalue weighted by Gasteiger charge is -2.11. The summed E-state index contributed by atoms with van der Waals surface area (Å²) in [4.78, 5) is 0. The quantitative estimate of drug-likeness (QED) is 0.721. The van der Waals surface area contributed by atoms with Crippen LogP contribution >= 0.6 is 0 Å². The Hall–Kier alpha value is -1.84. The molecule has 19 heavy (non-hydrogen) atoms. The largest absolute Gasteiger partial charge is 0.399 e. The maximum atomic E-state index is 5.72. The molecule has 0 aromatic heterocycles. The molecule has 3 rings (SSSR count). The Morgan fingerprint density at radius 2 is 1.63 bits per heavy atom. The molecule has 1 aliphatic rings. The number of rotatable bonds is 2. The second-order valence-electron chi connectivity index (χ2n) is 5.21. The summed E-state index contributed by atoms with van der Waals surface area (Å²) < 4.78 is 0. The molecule has 2 atom stereocenters. The summed E-state index contributed by atoms with van der Waals surface area (Å²) in [6.45, 7) is 2.13. The van der Waals surface area contributed by atoms with Gasteiger partial charge in [0.1, 0.15) is 0 Å². The van der Waals surface area contributed by atoms with E-state index < -0.39 is 0 Å². The minimum absolute atomic E-state index is 0.339. The average molecular weight is 253 g/mol. The highest BCUT2D eigenvalue weighted by atomic mass is 15.4. The molecule has 0 bridgehead atoms. The van der Waals surface area contributed by atoms with Crippen LogP contribution in [-0.2, 0) is 0 Å². The topological polar surface area (TPSA) is 50.1 Å². The van der Waals surface area contributed by atoms with Crippen molar-refractivity contribution < 1.29 is 0 Å². The third-order valence-electron chi connectivity index (χ3n) is 3.69. The molecule has 0 aliphatic carbocycles. The summed E-state index contributed by atoms with van der Waals surface area (Å²) in [5, 5.41) is 0. The number of nitrogens with one attached hydrogen (secondary N) is 2. The van der Waals surface area contributed by atoms with Gasteiger partial charge in [0.05, 0.1) is 0 Å². The van der Waals surface area contributed by atoms with Crippen molar-refractivity contribution in [1.82, 2.24) is 10.9 Å². The van der Waals surface area contributed by atoms with Crippen LogP contribution in [-0.4, -0.2) is 0 Å². The Morgan fingerprint density at radius 1 is 0.947 bits per heavy atom. The van der Waals surface area contributed by atoms with Gasteiger partial charge in [0.2, 0.25) is 0 Å². The maximum absolute atomic E-state index is 5.72. The first-order valence-electron chi connectivity index (χ1n) is 6.65. The van der Waals surface area contributed by atoms with Gasteiger partial charge in [-0.05, 0) is 36.6 Å². The predicted molar refractivity (Wildman–Crippen MR) is 78.4 cm³/mol. The first-order valence-corrected chi connectivity index (χ1v) is 6.65. The summed E-state index contributed by atoms with van der Waals surface area (Å²) in [7, 11) is 0. The van der Waals surface area contributed by atoms with Gasteiger partial charge in [0.25, 0.3) is 0 Å². The van der Waals surface area contributed by atoms with Gasteiger partial charge in [-0.15, -0.1) is 0 Å². The van der Waals surface area contributed by atoms with Crippen LogP contribution in [0.3, 0.4) is 0 Å². The van der Waals surface area contributed by atoms with Gasteiger partial charge in [-0.2, -0.15) is 0 Å². The van der Waals surface area contributed by atoms with Crippen LogP contribution in [0.4, 0.5) is 5.69 Å². The number of hydrazine groups is 1. The van der Waals surface area contributed by atoms with Crippen LogP contribution in [0.2, 0.25) is 0 Å². The van der Waals surface area contributed by atoms with E-state index in [4.69, 9.17) is 5.73 Å². The van der Waals surface area contributed by atoms with Gasteiger partial charge in [-0.3, -0.25) is 0 Å². The summed E-state index contributed by atoms with van der Waals surface area (Å²) in [6.07, 6.45) is 1.05. The number of anilines is 1. The molecular weight excluding hydrogens is 234 g/mol. The van der Waals surface area contributed by atoms with Crippen LogP contribution < -0.4 is 16.6 Å². The van der Waals surface area contributed by atoms with E-state index >= 15 is 0 Å². The number of hydrogen-bond acceptors (Lipinski definition) is 3. The van der Waals surface area contributed by atoms with Crippen LogP contribution in [0.15, 0.2) is 48.5 Å². The molecule has 3 heteroatoms. The normalized spacial score (nSPS) is 22.6. The van der Waals surface area contributed by atoms with Crippen molar-refractivity contribution in [3.05, 3.63) is 65.2 Å². The third-order valence-corrected chi connectivity index (χ3v) is 3.69. The molecule has 4 N–H and O–H groups in total. The summed E-state index contributed by atoms with van der Waals surface area (Å²) in [5.74, 6) is 0. The van der Waals surface area contributed by atoms with Gasteiger partial charge in [0, 0.05) is 17.8 Å². The van der Waals surface area contributed by atoms with Crippen molar-refractivity contribution in [2.75, 3.05) is 5.73 Å². The molecular formula is C16H19N3. The monoisotopic (exact) mass is 253 g/mol. The molecule has 3 nitrogen and oxygen atoms in total. The van der Waals surface area contributed by atoms with E-state index in [9.17, 15) is 0 Å². The number of aryl methyl sites for hydroxylation is 1. The second kappa shape index (κ2) is 5.03. The fourth-order valence-corrected chi connectivity index (χ4v) is 2.61. The zero-order valence-electron chi connectivity index (χ0n) is 11.1.